The minimum Gasteiger partial charge on any atom is -0.458 e. The van der Waals surface area contributed by atoms with E-state index in [2.05, 4.69) is 20.1 Å². The van der Waals surface area contributed by atoms with Crippen LogP contribution in [0, 0.1) is 13.8 Å². The van der Waals surface area contributed by atoms with E-state index in [1.165, 1.54) is 0 Å². The highest BCUT2D eigenvalue weighted by Crippen LogP contribution is 2.22. The minimum absolute atomic E-state index is 0.149. The van der Waals surface area contributed by atoms with Crippen LogP contribution in [0.2, 0.25) is 0 Å². The number of hydrogen-bond donors (Lipinski definition) is 0. The number of hydrogen-bond acceptors (Lipinski definition) is 7. The molecule has 1 amide bonds. The van der Waals surface area contributed by atoms with Crippen molar-refractivity contribution in [3.8, 4) is 17.3 Å². The number of likely N-dealkylation sites (tertiary alicyclic amines) is 1. The molecule has 1 aliphatic heterocycles. The van der Waals surface area contributed by atoms with E-state index in [0.29, 0.717) is 24.9 Å². The molecule has 0 aliphatic carbocycles. The molecule has 4 heterocycles. The van der Waals surface area contributed by atoms with Gasteiger partial charge in [-0.15, -0.1) is 0 Å². The molecule has 1 fully saturated rings. The Morgan fingerprint density at radius 1 is 1.25 bits per heavy atom. The van der Waals surface area contributed by atoms with Crippen molar-refractivity contribution in [2.45, 2.75) is 32.8 Å². The molecule has 0 N–H and O–H groups in total. The molecule has 0 aromatic carbocycles. The third-order valence-corrected chi connectivity index (χ3v) is 4.57. The summed E-state index contributed by atoms with van der Waals surface area (Å²) < 4.78 is 11.3. The molecule has 8 nitrogen and oxygen atoms in total. The van der Waals surface area contributed by atoms with Crippen molar-refractivity contribution in [2.24, 2.45) is 0 Å². The number of rotatable bonds is 4. The van der Waals surface area contributed by atoms with Crippen molar-refractivity contribution in [3.63, 3.8) is 0 Å². The maximum absolute atomic E-state index is 12.9. The third-order valence-electron chi connectivity index (χ3n) is 4.57. The minimum atomic E-state index is -0.173. The Morgan fingerprint density at radius 2 is 2.07 bits per heavy atom. The number of nitrogens with zero attached hydrogens (tertiary/aromatic N) is 5. The van der Waals surface area contributed by atoms with Gasteiger partial charge in [0.1, 0.15) is 6.10 Å². The van der Waals surface area contributed by atoms with Gasteiger partial charge in [0.05, 0.1) is 6.54 Å². The predicted molar refractivity (Wildman–Crippen MR) is 101 cm³/mol. The number of aromatic nitrogens is 4. The lowest BCUT2D eigenvalue weighted by molar-refractivity contribution is 0.0506. The molecule has 4 rings (SSSR count). The quantitative estimate of drug-likeness (QED) is 0.688. The van der Waals surface area contributed by atoms with Crippen LogP contribution in [0.4, 0.5) is 0 Å². The Morgan fingerprint density at radius 3 is 2.82 bits per heavy atom. The van der Waals surface area contributed by atoms with Gasteiger partial charge in [-0.1, -0.05) is 5.16 Å². The molecule has 1 aliphatic rings. The summed E-state index contributed by atoms with van der Waals surface area (Å²) in [5.41, 5.74) is 2.77. The van der Waals surface area contributed by atoms with Crippen LogP contribution in [-0.2, 0) is 0 Å². The number of aryl methyl sites for hydroxylation is 2. The van der Waals surface area contributed by atoms with Gasteiger partial charge in [0.2, 0.25) is 0 Å². The van der Waals surface area contributed by atoms with E-state index in [-0.39, 0.29) is 17.7 Å². The van der Waals surface area contributed by atoms with Gasteiger partial charge in [0, 0.05) is 42.0 Å². The van der Waals surface area contributed by atoms with Crippen LogP contribution in [0.5, 0.6) is 6.01 Å². The molecule has 3 aromatic heterocycles. The first-order valence-electron chi connectivity index (χ1n) is 9.24. The van der Waals surface area contributed by atoms with E-state index >= 15 is 0 Å². The van der Waals surface area contributed by atoms with Gasteiger partial charge in [-0.3, -0.25) is 9.78 Å². The highest BCUT2D eigenvalue weighted by molar-refractivity contribution is 5.93. The molecular formula is C20H21N5O3. The maximum atomic E-state index is 12.9. The van der Waals surface area contributed by atoms with E-state index in [9.17, 15) is 4.79 Å². The number of amides is 1. The summed E-state index contributed by atoms with van der Waals surface area (Å²) in [5.74, 6) is 0.346. The van der Waals surface area contributed by atoms with Gasteiger partial charge in [-0.2, -0.15) is 0 Å². The zero-order valence-corrected chi connectivity index (χ0v) is 15.8. The Bertz CT molecular complexity index is 953. The molecule has 8 heteroatoms. The van der Waals surface area contributed by atoms with E-state index in [4.69, 9.17) is 9.26 Å². The first kappa shape index (κ1) is 18.1. The normalized spacial score (nSPS) is 16.8. The summed E-state index contributed by atoms with van der Waals surface area (Å²) >= 11 is 0. The van der Waals surface area contributed by atoms with Crippen LogP contribution < -0.4 is 4.74 Å². The first-order chi connectivity index (χ1) is 13.6. The van der Waals surface area contributed by atoms with E-state index in [0.717, 1.165) is 29.8 Å². The Labute approximate surface area is 162 Å². The highest BCUT2D eigenvalue weighted by Gasteiger charge is 2.28. The smallest absolute Gasteiger partial charge is 0.317 e. The number of pyridine rings is 1. The second-order valence-electron chi connectivity index (χ2n) is 6.88. The predicted octanol–water partition coefficient (Wildman–Crippen LogP) is 2.83. The molecule has 1 saturated heterocycles. The van der Waals surface area contributed by atoms with Gasteiger partial charge in [0.15, 0.2) is 11.5 Å². The topological polar surface area (TPSA) is 94.2 Å². The second-order valence-corrected chi connectivity index (χ2v) is 6.88. The fraction of sp³-hybridized carbons (Fsp3) is 0.350. The third kappa shape index (κ3) is 4.00. The standard InChI is InChI=1S/C20H21N5O3/c1-13-9-14(2)23-20(22-13)27-16-6-4-8-25(12-16)19(26)17-10-18(28-24-17)15-5-3-7-21-11-15/h3,5,7,9-11,16H,4,6,8,12H2,1-2H3. The van der Waals surface area contributed by atoms with Gasteiger partial charge < -0.3 is 14.2 Å². The van der Waals surface area contributed by atoms with Crippen LogP contribution in [-0.4, -0.2) is 50.1 Å². The van der Waals surface area contributed by atoms with Crippen molar-refractivity contribution in [2.75, 3.05) is 13.1 Å². The molecule has 0 bridgehead atoms. The summed E-state index contributed by atoms with van der Waals surface area (Å²) in [7, 11) is 0. The SMILES string of the molecule is Cc1cc(C)nc(OC2CCCN(C(=O)c3cc(-c4cccnc4)on3)C2)n1. The summed E-state index contributed by atoms with van der Waals surface area (Å²) in [4.78, 5) is 27.3. The summed E-state index contributed by atoms with van der Waals surface area (Å²) in [6.45, 7) is 4.93. The molecular weight excluding hydrogens is 358 g/mol. The van der Waals surface area contributed by atoms with Gasteiger partial charge in [0.25, 0.3) is 5.91 Å². The van der Waals surface area contributed by atoms with Crippen molar-refractivity contribution >= 4 is 5.91 Å². The largest absolute Gasteiger partial charge is 0.458 e. The van der Waals surface area contributed by atoms with Crippen molar-refractivity contribution in [1.29, 1.82) is 0 Å². The number of carbonyl (C=O) groups is 1. The number of piperidine rings is 1. The Balaban J connectivity index is 1.44. The number of ether oxygens (including phenoxy) is 1. The van der Waals surface area contributed by atoms with E-state index in [1.807, 2.05) is 26.0 Å². The van der Waals surface area contributed by atoms with Gasteiger partial charge in [-0.25, -0.2) is 9.97 Å². The van der Waals surface area contributed by atoms with E-state index in [1.54, 1.807) is 29.4 Å². The molecule has 3 aromatic rings. The molecule has 144 valence electrons. The van der Waals surface area contributed by atoms with Gasteiger partial charge in [-0.05, 0) is 44.9 Å². The molecule has 0 saturated carbocycles. The maximum Gasteiger partial charge on any atom is 0.317 e. The molecule has 28 heavy (non-hydrogen) atoms. The molecule has 0 spiro atoms. The van der Waals surface area contributed by atoms with Crippen molar-refractivity contribution < 1.29 is 14.1 Å². The van der Waals surface area contributed by atoms with Crippen LogP contribution >= 0.6 is 0 Å². The first-order valence-corrected chi connectivity index (χ1v) is 9.24. The molecule has 1 atom stereocenters. The van der Waals surface area contributed by atoms with Crippen molar-refractivity contribution in [3.05, 3.63) is 53.7 Å². The zero-order chi connectivity index (χ0) is 19.5. The number of carbonyl (C=O) groups excluding carboxylic acids is 1. The lowest BCUT2D eigenvalue weighted by Gasteiger charge is -2.31. The molecule has 1 unspecified atom stereocenters. The average Bonchev–Trinajstić information content (AvgIpc) is 3.18. The van der Waals surface area contributed by atoms with Crippen molar-refractivity contribution in [1.82, 2.24) is 25.0 Å². The molecule has 0 radical (unpaired) electrons. The monoisotopic (exact) mass is 379 g/mol. The zero-order valence-electron chi connectivity index (χ0n) is 15.8. The van der Waals surface area contributed by atoms with E-state index < -0.39 is 0 Å². The van der Waals surface area contributed by atoms with Crippen LogP contribution in [0.1, 0.15) is 34.7 Å². The van der Waals surface area contributed by atoms with Gasteiger partial charge >= 0.3 is 6.01 Å². The summed E-state index contributed by atoms with van der Waals surface area (Å²) in [6.07, 6.45) is 4.89. The fourth-order valence-corrected chi connectivity index (χ4v) is 3.30. The highest BCUT2D eigenvalue weighted by atomic mass is 16.5. The van der Waals surface area contributed by atoms with Crippen LogP contribution in [0.3, 0.4) is 0 Å². The van der Waals surface area contributed by atoms with Crippen LogP contribution in [0.25, 0.3) is 11.3 Å². The Hall–Kier alpha value is -3.29. The lowest BCUT2D eigenvalue weighted by atomic mass is 10.1. The summed E-state index contributed by atoms with van der Waals surface area (Å²) in [5, 5.41) is 3.94. The fourth-order valence-electron chi connectivity index (χ4n) is 3.30. The summed E-state index contributed by atoms with van der Waals surface area (Å²) in [6, 6.07) is 7.57. The second kappa shape index (κ2) is 7.75. The van der Waals surface area contributed by atoms with Crippen LogP contribution in [0.15, 0.2) is 41.2 Å². The Kier molecular flexibility index (Phi) is 5.01. The lowest BCUT2D eigenvalue weighted by Crippen LogP contribution is -2.44. The average molecular weight is 379 g/mol.